The van der Waals surface area contributed by atoms with Gasteiger partial charge in [-0.2, -0.15) is 4.68 Å². The summed E-state index contributed by atoms with van der Waals surface area (Å²) in [6.45, 7) is 1.96. The maximum absolute atomic E-state index is 11.3. The minimum absolute atomic E-state index is 0.316. The molecule has 2 rings (SSSR count). The second-order valence-electron chi connectivity index (χ2n) is 2.83. The topological polar surface area (TPSA) is 63.6 Å². The van der Waals surface area contributed by atoms with E-state index in [0.29, 0.717) is 11.7 Å². The average molecular weight is 192 g/mol. The average Bonchev–Trinajstić information content (AvgIpc) is 2.65. The number of rotatable bonds is 2. The molecule has 2 aromatic rings. The highest BCUT2D eigenvalue weighted by Gasteiger charge is 2.02. The van der Waals surface area contributed by atoms with Gasteiger partial charge in [0.1, 0.15) is 0 Å². The standard InChI is InChI=1S/C9H10N4O/c1-2-7-4-3-5-8(6-7)13-9(14)10-11-12-13/h3-6H,2H2,1H3,(H,10,12,14)/i6T. The number of hydrogen-bond donors (Lipinski definition) is 1. The van der Waals surface area contributed by atoms with Gasteiger partial charge in [0.25, 0.3) is 0 Å². The molecule has 0 fully saturated rings. The van der Waals surface area contributed by atoms with E-state index in [-0.39, 0.29) is 0 Å². The number of tetrazole rings is 1. The van der Waals surface area contributed by atoms with Gasteiger partial charge in [0.05, 0.1) is 7.06 Å². The summed E-state index contributed by atoms with van der Waals surface area (Å²) in [5.41, 5.74) is 0.896. The number of H-pyrrole nitrogens is 1. The number of nitrogens with one attached hydrogen (secondary N) is 1. The monoisotopic (exact) mass is 192 g/mol. The highest BCUT2D eigenvalue weighted by atomic mass is 16.2. The van der Waals surface area contributed by atoms with Crippen molar-refractivity contribution in [3.05, 3.63) is 40.3 Å². The quantitative estimate of drug-likeness (QED) is 0.754. The predicted octanol–water partition coefficient (Wildman–Crippen LogP) is 0.518. The van der Waals surface area contributed by atoms with Gasteiger partial charge in [-0.05, 0) is 34.5 Å². The third-order valence-corrected chi connectivity index (χ3v) is 1.92. The van der Waals surface area contributed by atoms with E-state index in [1.807, 2.05) is 13.0 Å². The Morgan fingerprint density at radius 3 is 3.14 bits per heavy atom. The fraction of sp³-hybridized carbons (Fsp3) is 0.222. The van der Waals surface area contributed by atoms with Crippen LogP contribution in [0.1, 0.15) is 13.9 Å². The molecule has 0 atom stereocenters. The molecule has 0 saturated heterocycles. The lowest BCUT2D eigenvalue weighted by molar-refractivity contribution is 0.778. The third-order valence-electron chi connectivity index (χ3n) is 1.92. The van der Waals surface area contributed by atoms with E-state index in [4.69, 9.17) is 1.37 Å². The van der Waals surface area contributed by atoms with Crippen LogP contribution in [0.25, 0.3) is 5.69 Å². The van der Waals surface area contributed by atoms with Gasteiger partial charge in [0, 0.05) is 0 Å². The minimum atomic E-state index is -0.434. The highest BCUT2D eigenvalue weighted by Crippen LogP contribution is 2.07. The normalized spacial score (nSPS) is 11.4. The van der Waals surface area contributed by atoms with Crippen LogP contribution < -0.4 is 5.69 Å². The van der Waals surface area contributed by atoms with Crippen LogP contribution in [-0.4, -0.2) is 20.2 Å². The summed E-state index contributed by atoms with van der Waals surface area (Å²) in [5.74, 6) is 0. The van der Waals surface area contributed by atoms with Gasteiger partial charge in [-0.3, -0.25) is 0 Å². The van der Waals surface area contributed by atoms with Crippen molar-refractivity contribution in [2.45, 2.75) is 13.3 Å². The number of aromatic amines is 1. The molecule has 14 heavy (non-hydrogen) atoms. The molecule has 0 spiro atoms. The van der Waals surface area contributed by atoms with Crippen molar-refractivity contribution in [2.75, 3.05) is 0 Å². The molecule has 0 amide bonds. The number of aromatic nitrogens is 4. The fourth-order valence-corrected chi connectivity index (χ4v) is 1.19. The van der Waals surface area contributed by atoms with E-state index in [1.165, 1.54) is 0 Å². The molecule has 0 saturated carbocycles. The van der Waals surface area contributed by atoms with E-state index < -0.39 is 5.69 Å². The number of hydrogen-bond acceptors (Lipinski definition) is 3. The lowest BCUT2D eigenvalue weighted by Gasteiger charge is -2.00. The van der Waals surface area contributed by atoms with E-state index in [9.17, 15) is 4.79 Å². The van der Waals surface area contributed by atoms with Crippen LogP contribution in [0.3, 0.4) is 0 Å². The van der Waals surface area contributed by atoms with Crippen LogP contribution in [0.4, 0.5) is 0 Å². The zero-order valence-electron chi connectivity index (χ0n) is 8.69. The Hall–Kier alpha value is -1.91. The molecule has 0 radical (unpaired) electrons. The Balaban J connectivity index is 2.64. The van der Waals surface area contributed by atoms with Crippen LogP contribution in [0, 0.1) is 0 Å². The molecule has 0 unspecified atom stereocenters. The maximum atomic E-state index is 11.3. The van der Waals surface area contributed by atoms with Crippen molar-refractivity contribution < 1.29 is 1.37 Å². The Labute approximate surface area is 81.8 Å². The fourth-order valence-electron chi connectivity index (χ4n) is 1.19. The lowest BCUT2D eigenvalue weighted by Crippen LogP contribution is -2.15. The summed E-state index contributed by atoms with van der Waals surface area (Å²) in [6.07, 6.45) is 0.749. The van der Waals surface area contributed by atoms with Gasteiger partial charge in [-0.1, -0.05) is 19.1 Å². The van der Waals surface area contributed by atoms with Gasteiger partial charge < -0.3 is 0 Å². The first kappa shape index (κ1) is 7.49. The van der Waals surface area contributed by atoms with Crippen molar-refractivity contribution >= 4 is 0 Å². The molecule has 0 aliphatic rings. The number of aryl methyl sites for hydroxylation is 1. The molecule has 1 aromatic carbocycles. The minimum Gasteiger partial charge on any atom is -0.244 e. The van der Waals surface area contributed by atoms with E-state index in [0.717, 1.165) is 16.7 Å². The molecule has 5 heteroatoms. The van der Waals surface area contributed by atoms with E-state index in [1.54, 1.807) is 12.1 Å². The van der Waals surface area contributed by atoms with Gasteiger partial charge >= 0.3 is 5.69 Å². The van der Waals surface area contributed by atoms with Gasteiger partial charge in [0.15, 0.2) is 0 Å². The van der Waals surface area contributed by atoms with Gasteiger partial charge in [-0.25, -0.2) is 9.89 Å². The molecular formula is C9H10N4O. The van der Waals surface area contributed by atoms with E-state index >= 15 is 0 Å². The van der Waals surface area contributed by atoms with Crippen LogP contribution in [0.5, 0.6) is 0 Å². The van der Waals surface area contributed by atoms with Crippen molar-refractivity contribution in [3.63, 3.8) is 0 Å². The first-order valence-corrected chi connectivity index (χ1v) is 4.33. The van der Waals surface area contributed by atoms with Gasteiger partial charge in [0.2, 0.25) is 0 Å². The molecular weight excluding hydrogens is 180 g/mol. The molecule has 72 valence electrons. The van der Waals surface area contributed by atoms with E-state index in [2.05, 4.69) is 15.5 Å². The Bertz CT molecular complexity index is 531. The predicted molar refractivity (Wildman–Crippen MR) is 51.4 cm³/mol. The van der Waals surface area contributed by atoms with Crippen molar-refractivity contribution in [2.24, 2.45) is 0 Å². The highest BCUT2D eigenvalue weighted by molar-refractivity contribution is 5.34. The third kappa shape index (κ3) is 1.44. The zero-order valence-corrected chi connectivity index (χ0v) is 7.69. The summed E-state index contributed by atoms with van der Waals surface area (Å²) in [4.78, 5) is 11.3. The van der Waals surface area contributed by atoms with Crippen LogP contribution >= 0.6 is 0 Å². The molecule has 1 N–H and O–H groups in total. The summed E-state index contributed by atoms with van der Waals surface area (Å²) in [6, 6.07) is 5.64. The number of benzene rings is 1. The Morgan fingerprint density at radius 2 is 2.50 bits per heavy atom. The smallest absolute Gasteiger partial charge is 0.244 e. The summed E-state index contributed by atoms with van der Waals surface area (Å²) >= 11 is 0. The Kier molecular flexibility index (Phi) is 1.85. The summed E-state index contributed by atoms with van der Waals surface area (Å²) in [5, 5.41) is 9.18. The largest absolute Gasteiger partial charge is 0.365 e. The number of nitrogens with zero attached hydrogens (tertiary/aromatic N) is 3. The zero-order chi connectivity index (χ0) is 10.8. The molecule has 0 aliphatic heterocycles. The van der Waals surface area contributed by atoms with Crippen LogP contribution in [-0.2, 0) is 6.42 Å². The molecule has 0 aliphatic carbocycles. The van der Waals surface area contributed by atoms with Crippen LogP contribution in [0.15, 0.2) is 29.0 Å². The molecule has 1 aromatic heterocycles. The molecule has 1 heterocycles. The van der Waals surface area contributed by atoms with Crippen molar-refractivity contribution in [1.82, 2.24) is 20.2 Å². The summed E-state index contributed by atoms with van der Waals surface area (Å²) in [7, 11) is 0. The summed E-state index contributed by atoms with van der Waals surface area (Å²) < 4.78 is 8.96. The second kappa shape index (κ2) is 3.45. The lowest BCUT2D eigenvalue weighted by atomic mass is 10.1. The SMILES string of the molecule is [3H]c1c(CC)cccc1-n1nn[nH]c1=O. The van der Waals surface area contributed by atoms with Crippen molar-refractivity contribution in [3.8, 4) is 5.69 Å². The maximum Gasteiger partial charge on any atom is 0.365 e. The first-order valence-electron chi connectivity index (χ1n) is 4.83. The van der Waals surface area contributed by atoms with Crippen LogP contribution in [0.2, 0.25) is 0 Å². The molecule has 0 bridgehead atoms. The Morgan fingerprint density at radius 1 is 1.64 bits per heavy atom. The first-order chi connectivity index (χ1) is 7.24. The van der Waals surface area contributed by atoms with Gasteiger partial charge in [-0.15, -0.1) is 0 Å². The molecule has 5 nitrogen and oxygen atoms in total. The second-order valence-corrected chi connectivity index (χ2v) is 2.83. The van der Waals surface area contributed by atoms with Crippen molar-refractivity contribution in [1.29, 1.82) is 0 Å².